The summed E-state index contributed by atoms with van der Waals surface area (Å²) in [5, 5.41) is 8.89. The molecule has 1 rings (SSSR count). The molecule has 1 fully saturated rings. The van der Waals surface area contributed by atoms with Crippen LogP contribution in [-0.2, 0) is 0 Å². The number of hydrogen-bond donors (Lipinski definition) is 1. The average Bonchev–Trinajstić information content (AvgIpc) is 2.17. The monoisotopic (exact) mass is 100 g/mol. The quantitative estimate of drug-likeness (QED) is 0.521. The van der Waals surface area contributed by atoms with Crippen LogP contribution in [0.15, 0.2) is 0 Å². The van der Waals surface area contributed by atoms with Gasteiger partial charge in [-0.2, -0.15) is 0 Å². The van der Waals surface area contributed by atoms with E-state index in [1.165, 1.54) is 0 Å². The maximum absolute atomic E-state index is 8.89. The SMILES string of the molecule is CCC1C(C)C1O. The fraction of sp³-hybridized carbons (Fsp3) is 1.00. The maximum atomic E-state index is 8.89. The highest BCUT2D eigenvalue weighted by atomic mass is 16.3. The molecule has 1 aliphatic carbocycles. The van der Waals surface area contributed by atoms with Crippen LogP contribution in [0, 0.1) is 11.8 Å². The Morgan fingerprint density at radius 3 is 2.00 bits per heavy atom. The van der Waals surface area contributed by atoms with Gasteiger partial charge in [0.2, 0.25) is 0 Å². The van der Waals surface area contributed by atoms with Crippen LogP contribution in [0.4, 0.5) is 0 Å². The van der Waals surface area contributed by atoms with Crippen molar-refractivity contribution >= 4 is 0 Å². The summed E-state index contributed by atoms with van der Waals surface area (Å²) < 4.78 is 0. The van der Waals surface area contributed by atoms with Crippen LogP contribution in [0.1, 0.15) is 20.3 Å². The zero-order valence-electron chi connectivity index (χ0n) is 4.89. The van der Waals surface area contributed by atoms with E-state index in [1.807, 2.05) is 0 Å². The summed E-state index contributed by atoms with van der Waals surface area (Å²) in [6, 6.07) is 0. The number of hydrogen-bond acceptors (Lipinski definition) is 1. The van der Waals surface area contributed by atoms with Crippen LogP contribution >= 0.6 is 0 Å². The molecule has 1 nitrogen and oxygen atoms in total. The van der Waals surface area contributed by atoms with E-state index in [0.717, 1.165) is 6.42 Å². The van der Waals surface area contributed by atoms with Crippen molar-refractivity contribution in [2.45, 2.75) is 26.4 Å². The zero-order chi connectivity index (χ0) is 5.44. The summed E-state index contributed by atoms with van der Waals surface area (Å²) in [6.45, 7) is 4.22. The lowest BCUT2D eigenvalue weighted by molar-refractivity contribution is 0.249. The third-order valence-corrected chi connectivity index (χ3v) is 1.98. The Balaban J connectivity index is 2.24. The minimum Gasteiger partial charge on any atom is -0.393 e. The first kappa shape index (κ1) is 5.10. The summed E-state index contributed by atoms with van der Waals surface area (Å²) in [4.78, 5) is 0. The molecule has 0 heterocycles. The van der Waals surface area contributed by atoms with Gasteiger partial charge >= 0.3 is 0 Å². The van der Waals surface area contributed by atoms with E-state index in [-0.39, 0.29) is 6.10 Å². The minimum absolute atomic E-state index is 0.0324. The highest BCUT2D eigenvalue weighted by Crippen LogP contribution is 2.40. The topological polar surface area (TPSA) is 20.2 Å². The predicted octanol–water partition coefficient (Wildman–Crippen LogP) is 1.02. The molecule has 0 radical (unpaired) electrons. The first-order valence-electron chi connectivity index (χ1n) is 2.95. The van der Waals surface area contributed by atoms with Gasteiger partial charge in [0.1, 0.15) is 0 Å². The van der Waals surface area contributed by atoms with Crippen molar-refractivity contribution in [2.75, 3.05) is 0 Å². The van der Waals surface area contributed by atoms with Crippen molar-refractivity contribution < 1.29 is 5.11 Å². The third kappa shape index (κ3) is 0.653. The van der Waals surface area contributed by atoms with Gasteiger partial charge < -0.3 is 5.11 Å². The second kappa shape index (κ2) is 1.48. The predicted molar refractivity (Wildman–Crippen MR) is 29.0 cm³/mol. The van der Waals surface area contributed by atoms with E-state index >= 15 is 0 Å². The van der Waals surface area contributed by atoms with Gasteiger partial charge in [-0.1, -0.05) is 20.3 Å². The van der Waals surface area contributed by atoms with Gasteiger partial charge in [-0.3, -0.25) is 0 Å². The fourth-order valence-corrected chi connectivity index (χ4v) is 1.14. The van der Waals surface area contributed by atoms with Gasteiger partial charge in [-0.25, -0.2) is 0 Å². The summed E-state index contributed by atoms with van der Waals surface area (Å²) in [7, 11) is 0. The lowest BCUT2D eigenvalue weighted by atomic mass is 10.3. The number of aliphatic hydroxyl groups is 1. The van der Waals surface area contributed by atoms with Crippen LogP contribution in [-0.4, -0.2) is 11.2 Å². The molecule has 1 saturated carbocycles. The molecule has 0 aliphatic heterocycles. The molecule has 42 valence electrons. The van der Waals surface area contributed by atoms with Crippen LogP contribution in [0.5, 0.6) is 0 Å². The Hall–Kier alpha value is -0.0400. The van der Waals surface area contributed by atoms with Crippen LogP contribution in [0.25, 0.3) is 0 Å². The molecule has 3 atom stereocenters. The molecule has 7 heavy (non-hydrogen) atoms. The van der Waals surface area contributed by atoms with Gasteiger partial charge in [-0.15, -0.1) is 0 Å². The molecular formula is C6H12O. The van der Waals surface area contributed by atoms with E-state index in [1.54, 1.807) is 0 Å². The molecule has 3 unspecified atom stereocenters. The first-order valence-corrected chi connectivity index (χ1v) is 2.95. The lowest BCUT2D eigenvalue weighted by Crippen LogP contribution is -1.80. The van der Waals surface area contributed by atoms with Crippen LogP contribution in [0.3, 0.4) is 0 Å². The van der Waals surface area contributed by atoms with Crippen molar-refractivity contribution in [1.29, 1.82) is 0 Å². The van der Waals surface area contributed by atoms with Gasteiger partial charge in [-0.05, 0) is 11.8 Å². The second-order valence-electron chi connectivity index (χ2n) is 2.42. The maximum Gasteiger partial charge on any atom is 0.0600 e. The van der Waals surface area contributed by atoms with Crippen molar-refractivity contribution in [2.24, 2.45) is 11.8 Å². The van der Waals surface area contributed by atoms with E-state index in [9.17, 15) is 0 Å². The highest BCUT2D eigenvalue weighted by molar-refractivity contribution is 4.92. The Labute approximate surface area is 44.4 Å². The number of aliphatic hydroxyl groups excluding tert-OH is 1. The van der Waals surface area contributed by atoms with Crippen LogP contribution < -0.4 is 0 Å². The molecule has 0 spiro atoms. The third-order valence-electron chi connectivity index (χ3n) is 1.98. The van der Waals surface area contributed by atoms with E-state index in [2.05, 4.69) is 13.8 Å². The fourth-order valence-electron chi connectivity index (χ4n) is 1.14. The standard InChI is InChI=1S/C6H12O/c1-3-5-4(2)6(5)7/h4-7H,3H2,1-2H3. The molecular weight excluding hydrogens is 88.1 g/mol. The second-order valence-corrected chi connectivity index (χ2v) is 2.42. The smallest absolute Gasteiger partial charge is 0.0600 e. The normalized spacial score (nSPS) is 49.3. The van der Waals surface area contributed by atoms with Crippen LogP contribution in [0.2, 0.25) is 0 Å². The summed E-state index contributed by atoms with van der Waals surface area (Å²) >= 11 is 0. The molecule has 0 aromatic rings. The van der Waals surface area contributed by atoms with Gasteiger partial charge in [0.25, 0.3) is 0 Å². The Kier molecular flexibility index (Phi) is 1.08. The lowest BCUT2D eigenvalue weighted by Gasteiger charge is -1.79. The average molecular weight is 100 g/mol. The summed E-state index contributed by atoms with van der Waals surface area (Å²) in [6.07, 6.45) is 1.17. The Bertz CT molecular complexity index is 62.6. The largest absolute Gasteiger partial charge is 0.393 e. The summed E-state index contributed by atoms with van der Waals surface area (Å²) in [5.74, 6) is 1.21. The Morgan fingerprint density at radius 2 is 2.00 bits per heavy atom. The van der Waals surface area contributed by atoms with E-state index in [0.29, 0.717) is 11.8 Å². The van der Waals surface area contributed by atoms with E-state index < -0.39 is 0 Å². The molecule has 0 aromatic carbocycles. The van der Waals surface area contributed by atoms with Gasteiger partial charge in [0, 0.05) is 0 Å². The molecule has 1 aliphatic rings. The highest BCUT2D eigenvalue weighted by Gasteiger charge is 2.43. The van der Waals surface area contributed by atoms with Crippen molar-refractivity contribution in [1.82, 2.24) is 0 Å². The Morgan fingerprint density at radius 1 is 1.57 bits per heavy atom. The molecule has 0 aromatic heterocycles. The van der Waals surface area contributed by atoms with E-state index in [4.69, 9.17) is 5.11 Å². The first-order chi connectivity index (χ1) is 3.27. The molecule has 0 saturated heterocycles. The van der Waals surface area contributed by atoms with Crippen molar-refractivity contribution in [3.8, 4) is 0 Å². The van der Waals surface area contributed by atoms with Gasteiger partial charge in [0.15, 0.2) is 0 Å². The summed E-state index contributed by atoms with van der Waals surface area (Å²) in [5.41, 5.74) is 0. The van der Waals surface area contributed by atoms with Gasteiger partial charge in [0.05, 0.1) is 6.10 Å². The van der Waals surface area contributed by atoms with Crippen molar-refractivity contribution in [3.63, 3.8) is 0 Å². The molecule has 1 heteroatoms. The number of rotatable bonds is 1. The molecule has 0 bridgehead atoms. The molecule has 0 amide bonds. The zero-order valence-corrected chi connectivity index (χ0v) is 4.89. The molecule has 1 N–H and O–H groups in total. The van der Waals surface area contributed by atoms with Crippen molar-refractivity contribution in [3.05, 3.63) is 0 Å². The minimum atomic E-state index is 0.0324.